The third kappa shape index (κ3) is 1.53. The monoisotopic (exact) mass is 310 g/mol. The van der Waals surface area contributed by atoms with Crippen LogP contribution in [0, 0.1) is 45.6 Å². The zero-order valence-corrected chi connectivity index (χ0v) is 12.2. The van der Waals surface area contributed by atoms with Gasteiger partial charge >= 0.3 is 0 Å². The first-order valence-electron chi connectivity index (χ1n) is 7.88. The Labute approximate surface area is 131 Å². The SMILES string of the molecule is O=C1[C@H]2[C@@H]3C=C[C@H]([C@H]4C[C@H]34)[C@@H]2C(=O)N1c1cccc([N+](=O)[O-])c1. The fraction of sp³-hybridized carbons (Fsp3) is 0.412. The lowest BCUT2D eigenvalue weighted by molar-refractivity contribution is -0.384. The molecule has 6 rings (SSSR count). The van der Waals surface area contributed by atoms with E-state index in [4.69, 9.17) is 0 Å². The highest BCUT2D eigenvalue weighted by molar-refractivity contribution is 6.22. The van der Waals surface area contributed by atoms with Crippen LogP contribution >= 0.6 is 0 Å². The quantitative estimate of drug-likeness (QED) is 0.363. The molecule has 23 heavy (non-hydrogen) atoms. The summed E-state index contributed by atoms with van der Waals surface area (Å²) in [6.45, 7) is 0. The first-order chi connectivity index (χ1) is 11.1. The second kappa shape index (κ2) is 4.07. The number of rotatable bonds is 2. The molecular formula is C17H14N2O4. The number of imide groups is 1. The molecule has 4 aliphatic carbocycles. The van der Waals surface area contributed by atoms with E-state index in [1.807, 2.05) is 0 Å². The van der Waals surface area contributed by atoms with Crippen LogP contribution in [0.15, 0.2) is 36.4 Å². The Balaban J connectivity index is 1.57. The smallest absolute Gasteiger partial charge is 0.271 e. The molecule has 1 heterocycles. The van der Waals surface area contributed by atoms with E-state index in [1.165, 1.54) is 23.1 Å². The van der Waals surface area contributed by atoms with Crippen LogP contribution in [0.1, 0.15) is 6.42 Å². The van der Waals surface area contributed by atoms with Crippen LogP contribution in [0.5, 0.6) is 0 Å². The molecule has 1 aromatic rings. The van der Waals surface area contributed by atoms with Gasteiger partial charge in [-0.15, -0.1) is 0 Å². The second-order valence-electron chi connectivity index (χ2n) is 6.94. The van der Waals surface area contributed by atoms with Crippen LogP contribution in [0.3, 0.4) is 0 Å². The number of carbonyl (C=O) groups excluding carboxylic acids is 2. The Bertz CT molecular complexity index is 766. The summed E-state index contributed by atoms with van der Waals surface area (Å²) in [5.74, 6) is 0.489. The van der Waals surface area contributed by atoms with Crippen molar-refractivity contribution in [1.82, 2.24) is 0 Å². The van der Waals surface area contributed by atoms with Crippen molar-refractivity contribution in [3.05, 3.63) is 46.5 Å². The maximum atomic E-state index is 12.9. The Kier molecular flexibility index (Phi) is 2.30. The Hall–Kier alpha value is -2.50. The lowest BCUT2D eigenvalue weighted by Gasteiger charge is -2.37. The van der Waals surface area contributed by atoms with E-state index in [-0.39, 0.29) is 41.2 Å². The van der Waals surface area contributed by atoms with Gasteiger partial charge in [0.1, 0.15) is 0 Å². The molecule has 2 saturated carbocycles. The number of non-ortho nitro benzene ring substituents is 1. The summed E-state index contributed by atoms with van der Waals surface area (Å²) in [5, 5.41) is 11.0. The van der Waals surface area contributed by atoms with Gasteiger partial charge in [0.15, 0.2) is 0 Å². The molecule has 116 valence electrons. The molecule has 0 unspecified atom stereocenters. The number of anilines is 1. The topological polar surface area (TPSA) is 80.5 Å². The molecule has 6 atom stereocenters. The average Bonchev–Trinajstić information content (AvgIpc) is 3.32. The average molecular weight is 310 g/mol. The Morgan fingerprint density at radius 1 is 1.04 bits per heavy atom. The van der Waals surface area contributed by atoms with Crippen molar-refractivity contribution >= 4 is 23.2 Å². The number of nitro benzene ring substituents is 1. The number of carbonyl (C=O) groups is 2. The minimum absolute atomic E-state index is 0.109. The minimum atomic E-state index is -0.512. The summed E-state index contributed by atoms with van der Waals surface area (Å²) >= 11 is 0. The van der Waals surface area contributed by atoms with Crippen molar-refractivity contribution in [1.29, 1.82) is 0 Å². The van der Waals surface area contributed by atoms with E-state index in [0.29, 0.717) is 17.5 Å². The maximum absolute atomic E-state index is 12.9. The maximum Gasteiger partial charge on any atom is 0.271 e. The Morgan fingerprint density at radius 3 is 2.22 bits per heavy atom. The molecule has 2 bridgehead atoms. The van der Waals surface area contributed by atoms with Crippen molar-refractivity contribution < 1.29 is 14.5 Å². The Morgan fingerprint density at radius 2 is 1.65 bits per heavy atom. The van der Waals surface area contributed by atoms with Gasteiger partial charge in [-0.05, 0) is 36.2 Å². The van der Waals surface area contributed by atoms with E-state index < -0.39 is 4.92 Å². The van der Waals surface area contributed by atoms with Crippen molar-refractivity contribution in [3.63, 3.8) is 0 Å². The molecule has 0 spiro atoms. The fourth-order valence-corrected chi connectivity index (χ4v) is 4.96. The predicted molar refractivity (Wildman–Crippen MR) is 80.3 cm³/mol. The summed E-state index contributed by atoms with van der Waals surface area (Å²) in [7, 11) is 0. The molecule has 2 amide bonds. The minimum Gasteiger partial charge on any atom is -0.274 e. The first-order valence-corrected chi connectivity index (χ1v) is 7.88. The zero-order chi connectivity index (χ0) is 15.9. The largest absolute Gasteiger partial charge is 0.274 e. The number of allylic oxidation sites excluding steroid dienone is 2. The highest BCUT2D eigenvalue weighted by Crippen LogP contribution is 2.65. The van der Waals surface area contributed by atoms with Gasteiger partial charge < -0.3 is 0 Å². The third-order valence-corrected chi connectivity index (χ3v) is 5.96. The molecule has 0 radical (unpaired) electrons. The number of benzene rings is 1. The summed E-state index contributed by atoms with van der Waals surface area (Å²) in [6, 6.07) is 5.78. The van der Waals surface area contributed by atoms with Gasteiger partial charge in [-0.1, -0.05) is 18.2 Å². The second-order valence-corrected chi connectivity index (χ2v) is 6.94. The van der Waals surface area contributed by atoms with Crippen molar-refractivity contribution in [2.24, 2.45) is 35.5 Å². The molecule has 6 nitrogen and oxygen atoms in total. The summed E-state index contributed by atoms with van der Waals surface area (Å²) in [6.07, 6.45) is 5.34. The lowest BCUT2D eigenvalue weighted by atomic mass is 9.63. The van der Waals surface area contributed by atoms with Gasteiger partial charge in [-0.2, -0.15) is 0 Å². The predicted octanol–water partition coefficient (Wildman–Crippen LogP) is 2.15. The van der Waals surface area contributed by atoms with Gasteiger partial charge in [0, 0.05) is 12.1 Å². The molecular weight excluding hydrogens is 296 g/mol. The molecule has 1 aromatic carbocycles. The van der Waals surface area contributed by atoms with E-state index in [1.54, 1.807) is 6.07 Å². The number of hydrogen-bond donors (Lipinski definition) is 0. The van der Waals surface area contributed by atoms with Gasteiger partial charge in [-0.25, -0.2) is 4.90 Å². The van der Waals surface area contributed by atoms with Crippen LogP contribution in [0.4, 0.5) is 11.4 Å². The van der Waals surface area contributed by atoms with Crippen LogP contribution in [0.25, 0.3) is 0 Å². The molecule has 6 heteroatoms. The van der Waals surface area contributed by atoms with Gasteiger partial charge in [0.2, 0.25) is 11.8 Å². The highest BCUT2D eigenvalue weighted by Gasteiger charge is 2.67. The lowest BCUT2D eigenvalue weighted by Crippen LogP contribution is -2.40. The summed E-state index contributed by atoms with van der Waals surface area (Å²) in [5.41, 5.74) is 0.207. The molecule has 0 aromatic heterocycles. The van der Waals surface area contributed by atoms with E-state index in [9.17, 15) is 19.7 Å². The molecule has 0 N–H and O–H groups in total. The van der Waals surface area contributed by atoms with E-state index >= 15 is 0 Å². The molecule has 5 aliphatic rings. The van der Waals surface area contributed by atoms with Crippen molar-refractivity contribution in [2.75, 3.05) is 4.90 Å². The van der Waals surface area contributed by atoms with Crippen LogP contribution in [-0.2, 0) is 9.59 Å². The number of amides is 2. The van der Waals surface area contributed by atoms with Crippen molar-refractivity contribution in [2.45, 2.75) is 6.42 Å². The number of nitrogens with zero attached hydrogens (tertiary/aromatic N) is 2. The van der Waals surface area contributed by atoms with E-state index in [0.717, 1.165) is 6.42 Å². The standard InChI is InChI=1S/C17H14N2O4/c20-16-14-10-4-5-11(13-7-12(10)13)15(14)17(21)18(16)8-2-1-3-9(6-8)19(22)23/h1-6,10-15H,7H2/t10-,11-,12-,13-,14+,15+/m1/s1. The van der Waals surface area contributed by atoms with Crippen LogP contribution in [0.2, 0.25) is 0 Å². The summed E-state index contributed by atoms with van der Waals surface area (Å²) < 4.78 is 0. The van der Waals surface area contributed by atoms with Gasteiger partial charge in [0.25, 0.3) is 5.69 Å². The van der Waals surface area contributed by atoms with Gasteiger partial charge in [-0.3, -0.25) is 19.7 Å². The first kappa shape index (κ1) is 13.0. The van der Waals surface area contributed by atoms with Crippen molar-refractivity contribution in [3.8, 4) is 0 Å². The fourth-order valence-electron chi connectivity index (χ4n) is 4.96. The van der Waals surface area contributed by atoms with Gasteiger partial charge in [0.05, 0.1) is 22.4 Å². The zero-order valence-electron chi connectivity index (χ0n) is 12.2. The third-order valence-electron chi connectivity index (χ3n) is 5.96. The number of hydrogen-bond acceptors (Lipinski definition) is 4. The normalized spacial score (nSPS) is 39.4. The van der Waals surface area contributed by atoms with Crippen LogP contribution in [-0.4, -0.2) is 16.7 Å². The highest BCUT2D eigenvalue weighted by atomic mass is 16.6. The molecule has 1 saturated heterocycles. The molecule has 3 fully saturated rings. The molecule has 1 aliphatic heterocycles. The number of nitro groups is 1. The van der Waals surface area contributed by atoms with Crippen LogP contribution < -0.4 is 4.90 Å². The summed E-state index contributed by atoms with van der Waals surface area (Å²) in [4.78, 5) is 37.4. The van der Waals surface area contributed by atoms with E-state index in [2.05, 4.69) is 12.2 Å².